The Bertz CT molecular complexity index is 899. The molecule has 27 heavy (non-hydrogen) atoms. The van der Waals surface area contributed by atoms with Gasteiger partial charge in [0.1, 0.15) is 17.2 Å². The van der Waals surface area contributed by atoms with Crippen molar-refractivity contribution in [1.29, 1.82) is 0 Å². The molecule has 1 amide bonds. The molecule has 0 fully saturated rings. The van der Waals surface area contributed by atoms with Gasteiger partial charge in [-0.1, -0.05) is 12.1 Å². The second-order valence-corrected chi connectivity index (χ2v) is 5.91. The van der Waals surface area contributed by atoms with Gasteiger partial charge in [-0.05, 0) is 49.8 Å². The fourth-order valence-electron chi connectivity index (χ4n) is 2.76. The van der Waals surface area contributed by atoms with Crippen molar-refractivity contribution >= 4 is 18.0 Å². The number of benzene rings is 2. The maximum atomic E-state index is 12.5. The minimum atomic E-state index is -0.405. The summed E-state index contributed by atoms with van der Waals surface area (Å²) in [5, 5.41) is 0. The van der Waals surface area contributed by atoms with Crippen LogP contribution in [0.15, 0.2) is 48.2 Å². The highest BCUT2D eigenvalue weighted by molar-refractivity contribution is 6.14. The minimum absolute atomic E-state index is 0.196. The van der Waals surface area contributed by atoms with Crippen LogP contribution in [0.5, 0.6) is 17.2 Å². The number of amides is 1. The third-order valence-corrected chi connectivity index (χ3v) is 4.26. The Hall–Kier alpha value is -3.28. The third kappa shape index (κ3) is 3.95. The zero-order valence-corrected chi connectivity index (χ0v) is 15.5. The first-order valence-electron chi connectivity index (χ1n) is 8.74. The van der Waals surface area contributed by atoms with Crippen LogP contribution >= 0.6 is 0 Å². The molecule has 0 atom stereocenters. The molecule has 6 heteroatoms. The topological polar surface area (TPSA) is 65.1 Å². The van der Waals surface area contributed by atoms with Crippen LogP contribution in [-0.4, -0.2) is 37.0 Å². The van der Waals surface area contributed by atoms with Gasteiger partial charge in [0.05, 0.1) is 12.7 Å². The van der Waals surface area contributed by atoms with Crippen LogP contribution in [-0.2, 0) is 0 Å². The van der Waals surface area contributed by atoms with E-state index in [-0.39, 0.29) is 11.5 Å². The summed E-state index contributed by atoms with van der Waals surface area (Å²) in [5.74, 6) is 1.51. The first kappa shape index (κ1) is 18.5. The van der Waals surface area contributed by atoms with Gasteiger partial charge in [-0.25, -0.2) is 4.79 Å². The van der Waals surface area contributed by atoms with E-state index in [1.165, 1.54) is 0 Å². The van der Waals surface area contributed by atoms with Gasteiger partial charge in [-0.15, -0.1) is 0 Å². The second-order valence-electron chi connectivity index (χ2n) is 5.91. The molecule has 2 aromatic rings. The molecule has 1 aliphatic rings. The molecule has 140 valence electrons. The summed E-state index contributed by atoms with van der Waals surface area (Å²) in [6.07, 6.45) is 1.22. The molecule has 3 rings (SSSR count). The molecule has 0 N–H and O–H groups in total. The van der Waals surface area contributed by atoms with Crippen molar-refractivity contribution in [3.63, 3.8) is 0 Å². The van der Waals surface area contributed by atoms with Crippen molar-refractivity contribution in [2.24, 2.45) is 0 Å². The lowest BCUT2D eigenvalue weighted by molar-refractivity contribution is 0.101. The van der Waals surface area contributed by atoms with Crippen molar-refractivity contribution in [1.82, 2.24) is 4.90 Å². The number of rotatable bonds is 5. The van der Waals surface area contributed by atoms with Crippen molar-refractivity contribution in [2.75, 3.05) is 20.2 Å². The molecular formula is C21H21NO5. The molecule has 6 nitrogen and oxygen atoms in total. The number of ketones is 1. The molecule has 0 aromatic heterocycles. The van der Waals surface area contributed by atoms with Crippen molar-refractivity contribution in [3.8, 4) is 17.2 Å². The number of allylic oxidation sites excluding steroid dienone is 1. The summed E-state index contributed by atoms with van der Waals surface area (Å²) >= 11 is 0. The number of hydrogen-bond acceptors (Lipinski definition) is 5. The Morgan fingerprint density at radius 1 is 1.11 bits per heavy atom. The number of nitrogens with zero attached hydrogens (tertiary/aromatic N) is 1. The zero-order chi connectivity index (χ0) is 19.4. The van der Waals surface area contributed by atoms with E-state index in [0.717, 1.165) is 0 Å². The molecule has 2 aromatic carbocycles. The fraction of sp³-hybridized carbons (Fsp3) is 0.238. The maximum absolute atomic E-state index is 12.5. The number of Topliss-reactive ketones (excluding diaryl/α,β-unsaturated/α-hetero) is 1. The molecule has 0 aliphatic carbocycles. The van der Waals surface area contributed by atoms with Crippen molar-refractivity contribution in [3.05, 3.63) is 59.4 Å². The monoisotopic (exact) mass is 367 g/mol. The normalized spacial score (nSPS) is 13.9. The quantitative estimate of drug-likeness (QED) is 0.743. The van der Waals surface area contributed by atoms with Crippen molar-refractivity contribution < 1.29 is 23.8 Å². The Morgan fingerprint density at radius 2 is 1.89 bits per heavy atom. The van der Waals surface area contributed by atoms with Crippen LogP contribution in [0.2, 0.25) is 0 Å². The summed E-state index contributed by atoms with van der Waals surface area (Å²) in [4.78, 5) is 26.2. The van der Waals surface area contributed by atoms with E-state index < -0.39 is 6.09 Å². The molecule has 0 saturated carbocycles. The summed E-state index contributed by atoms with van der Waals surface area (Å²) in [6, 6.07) is 12.0. The second kappa shape index (κ2) is 7.95. The van der Waals surface area contributed by atoms with Crippen LogP contribution in [0.25, 0.3) is 6.08 Å². The average Bonchev–Trinajstić information content (AvgIpc) is 2.98. The third-order valence-electron chi connectivity index (χ3n) is 4.26. The van der Waals surface area contributed by atoms with Gasteiger partial charge in [-0.2, -0.15) is 0 Å². The van der Waals surface area contributed by atoms with Gasteiger partial charge >= 0.3 is 6.09 Å². The zero-order valence-electron chi connectivity index (χ0n) is 15.5. The number of ether oxygens (including phenoxy) is 3. The maximum Gasteiger partial charge on any atom is 0.415 e. The Kier molecular flexibility index (Phi) is 5.45. The van der Waals surface area contributed by atoms with Gasteiger partial charge in [0.2, 0.25) is 5.78 Å². The van der Waals surface area contributed by atoms with Crippen LogP contribution < -0.4 is 14.2 Å². The smallest absolute Gasteiger partial charge is 0.415 e. The van der Waals surface area contributed by atoms with E-state index >= 15 is 0 Å². The Balaban J connectivity index is 1.80. The average molecular weight is 367 g/mol. The minimum Gasteiger partial charge on any atom is -0.497 e. The number of methoxy groups -OCH3 is 1. The summed E-state index contributed by atoms with van der Waals surface area (Å²) < 4.78 is 16.2. The predicted octanol–water partition coefficient (Wildman–Crippen LogP) is 4.15. The van der Waals surface area contributed by atoms with E-state index in [1.807, 2.05) is 19.9 Å². The van der Waals surface area contributed by atoms with Gasteiger partial charge in [0.15, 0.2) is 5.76 Å². The molecule has 1 heterocycles. The molecule has 0 unspecified atom stereocenters. The summed E-state index contributed by atoms with van der Waals surface area (Å²) in [5.41, 5.74) is 1.19. The molecule has 0 bridgehead atoms. The van der Waals surface area contributed by atoms with E-state index in [0.29, 0.717) is 41.5 Å². The van der Waals surface area contributed by atoms with E-state index in [4.69, 9.17) is 14.2 Å². The lowest BCUT2D eigenvalue weighted by Crippen LogP contribution is -2.33. The first-order chi connectivity index (χ1) is 13.0. The number of fused-ring (bicyclic) bond motifs is 1. The van der Waals surface area contributed by atoms with E-state index in [2.05, 4.69) is 0 Å². The first-order valence-corrected chi connectivity index (χ1v) is 8.74. The molecule has 0 radical (unpaired) electrons. The van der Waals surface area contributed by atoms with Crippen LogP contribution in [0.4, 0.5) is 4.79 Å². The lowest BCUT2D eigenvalue weighted by Gasteiger charge is -2.17. The number of hydrogen-bond donors (Lipinski definition) is 0. The molecule has 1 aliphatic heterocycles. The van der Waals surface area contributed by atoms with E-state index in [1.54, 1.807) is 54.5 Å². The van der Waals surface area contributed by atoms with Gasteiger partial charge in [0, 0.05) is 19.2 Å². The van der Waals surface area contributed by atoms with Crippen LogP contribution in [0.3, 0.4) is 0 Å². The fourth-order valence-corrected chi connectivity index (χ4v) is 2.76. The SMILES string of the molecule is CCN(CC)C(=O)Oc1cccc(/C=C2\Oc3cc(OC)ccc3C2=O)c1. The Morgan fingerprint density at radius 3 is 2.59 bits per heavy atom. The van der Waals surface area contributed by atoms with E-state index in [9.17, 15) is 9.59 Å². The van der Waals surface area contributed by atoms with Crippen LogP contribution in [0, 0.1) is 0 Å². The predicted molar refractivity (Wildman–Crippen MR) is 101 cm³/mol. The molecule has 0 saturated heterocycles. The lowest BCUT2D eigenvalue weighted by atomic mass is 10.1. The molecule has 0 spiro atoms. The van der Waals surface area contributed by atoms with Gasteiger partial charge in [0.25, 0.3) is 0 Å². The number of carbonyl (C=O) groups is 2. The van der Waals surface area contributed by atoms with Gasteiger partial charge < -0.3 is 19.1 Å². The highest BCUT2D eigenvalue weighted by Crippen LogP contribution is 2.34. The summed E-state index contributed by atoms with van der Waals surface area (Å²) in [7, 11) is 1.56. The standard InChI is InChI=1S/C21H21NO5/c1-4-22(5-2)21(24)26-16-8-6-7-14(11-16)12-19-20(23)17-10-9-15(25-3)13-18(17)27-19/h6-13H,4-5H2,1-3H3/b19-12-. The summed E-state index contributed by atoms with van der Waals surface area (Å²) in [6.45, 7) is 4.93. The largest absolute Gasteiger partial charge is 0.497 e. The van der Waals surface area contributed by atoms with Crippen molar-refractivity contribution in [2.45, 2.75) is 13.8 Å². The number of carbonyl (C=O) groups excluding carboxylic acids is 2. The molecular weight excluding hydrogens is 346 g/mol. The highest BCUT2D eigenvalue weighted by atomic mass is 16.6. The van der Waals surface area contributed by atoms with Gasteiger partial charge in [-0.3, -0.25) is 4.79 Å². The Labute approximate surface area is 158 Å². The highest BCUT2D eigenvalue weighted by Gasteiger charge is 2.27. The van der Waals surface area contributed by atoms with Crippen LogP contribution in [0.1, 0.15) is 29.8 Å².